The lowest BCUT2D eigenvalue weighted by atomic mass is 9.97. The first-order valence-corrected chi connectivity index (χ1v) is 14.4. The molecule has 2 atom stereocenters. The highest BCUT2D eigenvalue weighted by molar-refractivity contribution is 6.07. The maximum Gasteiger partial charge on any atom is 0.246 e. The van der Waals surface area contributed by atoms with Crippen LogP contribution in [-0.2, 0) is 4.79 Å². The molecule has 1 aromatic carbocycles. The lowest BCUT2D eigenvalue weighted by molar-refractivity contribution is -0.130. The summed E-state index contributed by atoms with van der Waals surface area (Å²) in [5.74, 6) is 1.68. The molecule has 0 bridgehead atoms. The van der Waals surface area contributed by atoms with Gasteiger partial charge >= 0.3 is 0 Å². The molecular weight excluding hydrogens is 527 g/mol. The van der Waals surface area contributed by atoms with Gasteiger partial charge in [0.1, 0.15) is 17.5 Å². The van der Waals surface area contributed by atoms with Gasteiger partial charge in [0.05, 0.1) is 22.6 Å². The number of hydrogen-bond donors (Lipinski definition) is 0. The smallest absolute Gasteiger partial charge is 0.246 e. The Morgan fingerprint density at radius 2 is 1.76 bits per heavy atom. The highest BCUT2D eigenvalue weighted by atomic mass is 19.1. The first-order valence-electron chi connectivity index (χ1n) is 14.4. The maximum absolute atomic E-state index is 15.1. The Bertz CT molecular complexity index is 1630. The van der Waals surface area contributed by atoms with Gasteiger partial charge in [0.15, 0.2) is 5.82 Å². The molecule has 4 heterocycles. The number of pyridine rings is 2. The molecule has 218 valence electrons. The zero-order chi connectivity index (χ0) is 30.5. The number of aliphatic imine (C=N–C) groups is 1. The first-order chi connectivity index (χ1) is 19.9. The number of fused-ring (bicyclic) bond motifs is 1. The van der Waals surface area contributed by atoms with Gasteiger partial charge in [0, 0.05) is 36.4 Å². The van der Waals surface area contributed by atoms with Crippen LogP contribution in [0.4, 0.5) is 15.9 Å². The van der Waals surface area contributed by atoms with Crippen LogP contribution in [0.1, 0.15) is 61.7 Å². The van der Waals surface area contributed by atoms with Crippen molar-refractivity contribution in [3.05, 3.63) is 95.3 Å². The molecule has 7 nitrogen and oxygen atoms in total. The van der Waals surface area contributed by atoms with E-state index in [0.717, 1.165) is 39.6 Å². The quantitative estimate of drug-likeness (QED) is 0.325. The van der Waals surface area contributed by atoms with Crippen LogP contribution in [0.2, 0.25) is 0 Å². The van der Waals surface area contributed by atoms with E-state index in [1.54, 1.807) is 12.1 Å². The van der Waals surface area contributed by atoms with Crippen LogP contribution in [0.3, 0.4) is 0 Å². The van der Waals surface area contributed by atoms with E-state index in [1.165, 1.54) is 12.1 Å². The van der Waals surface area contributed by atoms with Gasteiger partial charge in [0.25, 0.3) is 0 Å². The molecule has 1 amide bonds. The van der Waals surface area contributed by atoms with Crippen LogP contribution < -0.4 is 4.90 Å². The molecule has 0 aliphatic carbocycles. The zero-order valence-electron chi connectivity index (χ0n) is 25.6. The molecule has 2 aromatic heterocycles. The first kappa shape index (κ1) is 29.2. The highest BCUT2D eigenvalue weighted by Crippen LogP contribution is 2.43. The van der Waals surface area contributed by atoms with E-state index in [9.17, 15) is 4.79 Å². The van der Waals surface area contributed by atoms with Crippen LogP contribution in [-0.4, -0.2) is 56.7 Å². The Morgan fingerprint density at radius 1 is 1.05 bits per heavy atom. The maximum atomic E-state index is 15.1. The molecule has 5 rings (SSSR count). The minimum Gasteiger partial charge on any atom is -0.349 e. The second kappa shape index (κ2) is 11.2. The predicted octanol–water partition coefficient (Wildman–Crippen LogP) is 6.81. The van der Waals surface area contributed by atoms with E-state index >= 15 is 4.39 Å². The lowest BCUT2D eigenvalue weighted by Crippen LogP contribution is -2.59. The van der Waals surface area contributed by atoms with Crippen molar-refractivity contribution in [2.24, 2.45) is 4.99 Å². The van der Waals surface area contributed by atoms with Crippen molar-refractivity contribution in [3.8, 4) is 11.3 Å². The van der Waals surface area contributed by atoms with Crippen molar-refractivity contribution in [2.45, 2.75) is 66.5 Å². The number of aryl methyl sites for hydroxylation is 3. The lowest BCUT2D eigenvalue weighted by Gasteiger charge is -2.46. The number of amides is 1. The monoisotopic (exact) mass is 566 g/mol. The summed E-state index contributed by atoms with van der Waals surface area (Å²) in [6, 6.07) is 10.8. The minimum absolute atomic E-state index is 0.0170. The van der Waals surface area contributed by atoms with Crippen molar-refractivity contribution in [1.82, 2.24) is 19.8 Å². The number of hydrogen-bond acceptors (Lipinski definition) is 6. The molecule has 2 unspecified atom stereocenters. The molecular formula is C34H39FN6O. The van der Waals surface area contributed by atoms with Crippen molar-refractivity contribution >= 4 is 23.2 Å². The van der Waals surface area contributed by atoms with Gasteiger partial charge in [-0.05, 0) is 82.0 Å². The van der Waals surface area contributed by atoms with Crippen LogP contribution in [0.5, 0.6) is 0 Å². The van der Waals surface area contributed by atoms with Gasteiger partial charge < -0.3 is 9.80 Å². The number of halogens is 1. The average molecular weight is 567 g/mol. The van der Waals surface area contributed by atoms with E-state index in [4.69, 9.17) is 15.0 Å². The topological polar surface area (TPSA) is 64.9 Å². The van der Waals surface area contributed by atoms with Gasteiger partial charge in [0.2, 0.25) is 5.91 Å². The largest absolute Gasteiger partial charge is 0.349 e. The van der Waals surface area contributed by atoms with E-state index in [2.05, 4.69) is 44.9 Å². The summed E-state index contributed by atoms with van der Waals surface area (Å²) in [6.07, 6.45) is 1.37. The molecule has 0 spiro atoms. The van der Waals surface area contributed by atoms with Crippen molar-refractivity contribution in [1.29, 1.82) is 0 Å². The average Bonchev–Trinajstić information content (AvgIpc) is 2.94. The highest BCUT2D eigenvalue weighted by Gasteiger charge is 2.38. The molecule has 3 aromatic rings. The second-order valence-corrected chi connectivity index (χ2v) is 11.7. The number of carbonyl (C=O) groups excluding carboxylic acids is 1. The third-order valence-electron chi connectivity index (χ3n) is 8.15. The van der Waals surface area contributed by atoms with Gasteiger partial charge in [-0.1, -0.05) is 39.1 Å². The Labute approximate surface area is 248 Å². The molecule has 0 N–H and O–H groups in total. The number of anilines is 2. The number of rotatable bonds is 4. The van der Waals surface area contributed by atoms with Crippen LogP contribution in [0.15, 0.2) is 66.4 Å². The number of nitrogens with zero attached hydrogens (tertiary/aromatic N) is 6. The van der Waals surface area contributed by atoms with Gasteiger partial charge in [-0.25, -0.2) is 14.4 Å². The number of amidine groups is 1. The minimum atomic E-state index is -0.329. The fourth-order valence-electron chi connectivity index (χ4n) is 6.10. The summed E-state index contributed by atoms with van der Waals surface area (Å²) in [5, 5.41) is 0. The summed E-state index contributed by atoms with van der Waals surface area (Å²) in [6.45, 7) is 23.6. The van der Waals surface area contributed by atoms with E-state index in [-0.39, 0.29) is 29.7 Å². The summed E-state index contributed by atoms with van der Waals surface area (Å²) >= 11 is 0. The Balaban J connectivity index is 1.73. The summed E-state index contributed by atoms with van der Waals surface area (Å²) < 4.78 is 15.1. The van der Waals surface area contributed by atoms with Gasteiger partial charge in [-0.3, -0.25) is 14.7 Å². The SMILES string of the molecule is C=CC(=O)N1CC(C)N(C2=NC(=C)N(c3c(C(C)C)cc(C)nc3C)c3nc(-c4ccccc4F)c(C)cc32)CC1C. The van der Waals surface area contributed by atoms with Crippen LogP contribution in [0, 0.1) is 26.6 Å². The van der Waals surface area contributed by atoms with E-state index in [0.29, 0.717) is 36.0 Å². The van der Waals surface area contributed by atoms with E-state index < -0.39 is 0 Å². The molecule has 8 heteroatoms. The number of carbonyl (C=O) groups is 1. The predicted molar refractivity (Wildman–Crippen MR) is 168 cm³/mol. The normalized spacial score (nSPS) is 18.7. The summed E-state index contributed by atoms with van der Waals surface area (Å²) in [4.78, 5) is 33.7. The number of piperazine rings is 1. The van der Waals surface area contributed by atoms with Crippen molar-refractivity contribution < 1.29 is 9.18 Å². The van der Waals surface area contributed by atoms with E-state index in [1.807, 2.05) is 49.6 Å². The Morgan fingerprint density at radius 3 is 2.43 bits per heavy atom. The Hall–Kier alpha value is -4.33. The van der Waals surface area contributed by atoms with Crippen LogP contribution in [0.25, 0.3) is 11.3 Å². The number of aromatic nitrogens is 2. The number of benzene rings is 1. The molecule has 0 saturated carbocycles. The third-order valence-corrected chi connectivity index (χ3v) is 8.15. The standard InChI is InChI=1S/C34H39FN6O/c1-10-30(42)39-17-23(7)40(18-22(39)6)33-28-15-20(4)31(26-13-11-12-14-29(26)35)38-34(28)41(25(9)37-33)32-24(8)36-21(5)16-27(32)19(2)3/h10-16,19,22-23H,1,9,17-18H2,2-8H3. The summed E-state index contributed by atoms with van der Waals surface area (Å²) in [7, 11) is 0. The van der Waals surface area contributed by atoms with Crippen molar-refractivity contribution in [3.63, 3.8) is 0 Å². The van der Waals surface area contributed by atoms with Gasteiger partial charge in [-0.15, -0.1) is 0 Å². The van der Waals surface area contributed by atoms with Crippen molar-refractivity contribution in [2.75, 3.05) is 18.0 Å². The molecule has 0 radical (unpaired) electrons. The molecule has 42 heavy (non-hydrogen) atoms. The second-order valence-electron chi connectivity index (χ2n) is 11.7. The summed E-state index contributed by atoms with van der Waals surface area (Å²) in [5.41, 5.74) is 6.46. The molecule has 2 aliphatic rings. The zero-order valence-corrected chi connectivity index (χ0v) is 25.6. The fourth-order valence-corrected chi connectivity index (χ4v) is 6.10. The third kappa shape index (κ3) is 4.99. The fraction of sp³-hybridized carbons (Fsp3) is 0.353. The molecule has 1 saturated heterocycles. The van der Waals surface area contributed by atoms with Crippen LogP contribution >= 0.6 is 0 Å². The Kier molecular flexibility index (Phi) is 7.75. The van der Waals surface area contributed by atoms with Gasteiger partial charge in [-0.2, -0.15) is 0 Å². The molecule has 2 aliphatic heterocycles. The molecule has 1 fully saturated rings.